The molecule has 2 saturated carbocycles. The molecule has 3 rings (SSSR count). The van der Waals surface area contributed by atoms with E-state index in [1.54, 1.807) is 0 Å². The minimum Gasteiger partial charge on any atom is -0.303 e. The number of benzene rings is 1. The Kier molecular flexibility index (Phi) is 11.5. The van der Waals surface area contributed by atoms with Crippen molar-refractivity contribution in [2.24, 2.45) is 17.3 Å². The average molecular weight is 453 g/mol. The smallest absolute Gasteiger partial charge is 0.126 e. The summed E-state index contributed by atoms with van der Waals surface area (Å²) >= 11 is 0. The molecule has 186 valence electrons. The molecule has 2 fully saturated rings. The van der Waals surface area contributed by atoms with E-state index < -0.39 is 0 Å². The summed E-state index contributed by atoms with van der Waals surface area (Å²) in [4.78, 5) is 12.0. The molecule has 33 heavy (non-hydrogen) atoms. The van der Waals surface area contributed by atoms with E-state index in [1.807, 2.05) is 0 Å². The second-order valence-electron chi connectivity index (χ2n) is 11.7. The third-order valence-corrected chi connectivity index (χ3v) is 9.23. The number of rotatable bonds is 14. The van der Waals surface area contributed by atoms with Crippen LogP contribution in [0.4, 0.5) is 0 Å². The predicted molar refractivity (Wildman–Crippen MR) is 143 cm³/mol. The van der Waals surface area contributed by atoms with Gasteiger partial charge in [-0.1, -0.05) is 115 Å². The zero-order valence-electron chi connectivity index (χ0n) is 22.0. The molecule has 0 aromatic heterocycles. The van der Waals surface area contributed by atoms with E-state index in [0.717, 1.165) is 31.1 Å². The van der Waals surface area contributed by atoms with Gasteiger partial charge >= 0.3 is 0 Å². The largest absolute Gasteiger partial charge is 0.303 e. The molecular formula is C32H52O. The van der Waals surface area contributed by atoms with Crippen molar-refractivity contribution in [2.75, 3.05) is 0 Å². The lowest BCUT2D eigenvalue weighted by Gasteiger charge is -2.36. The van der Waals surface area contributed by atoms with Crippen LogP contribution in [0.5, 0.6) is 0 Å². The highest BCUT2D eigenvalue weighted by atomic mass is 16.1. The zero-order chi connectivity index (χ0) is 23.4. The number of carbonyl (C=O) groups excluding carboxylic acids is 1. The predicted octanol–water partition coefficient (Wildman–Crippen LogP) is 9.82. The second kappa shape index (κ2) is 14.3. The Morgan fingerprint density at radius 3 is 1.97 bits per heavy atom. The van der Waals surface area contributed by atoms with Gasteiger partial charge in [0.05, 0.1) is 0 Å². The van der Waals surface area contributed by atoms with Gasteiger partial charge in [0.25, 0.3) is 0 Å². The van der Waals surface area contributed by atoms with Crippen LogP contribution in [-0.2, 0) is 11.2 Å². The first kappa shape index (κ1) is 26.5. The molecule has 0 N–H and O–H groups in total. The molecule has 1 nitrogen and oxygen atoms in total. The number of hydrogen-bond acceptors (Lipinski definition) is 1. The van der Waals surface area contributed by atoms with Crippen molar-refractivity contribution < 1.29 is 4.79 Å². The molecule has 0 saturated heterocycles. The van der Waals surface area contributed by atoms with Crippen LogP contribution < -0.4 is 0 Å². The standard InChI is InChI=1S/C32H52O/c1-3-5-7-8-9-23-32(26-33)24-21-31(22-25-32)30-19-17-29(18-20-30)16-15-28-13-11-27(12-14-28)10-6-4-2/h17-20,26-28,31H,3-16,21-25H2,1-2H3/t27-,28-,31?,32?. The second-order valence-corrected chi connectivity index (χ2v) is 11.7. The van der Waals surface area contributed by atoms with Crippen LogP contribution in [0.3, 0.4) is 0 Å². The zero-order valence-corrected chi connectivity index (χ0v) is 22.0. The number of aldehydes is 1. The first-order valence-electron chi connectivity index (χ1n) is 14.7. The van der Waals surface area contributed by atoms with Crippen molar-refractivity contribution in [3.63, 3.8) is 0 Å². The van der Waals surface area contributed by atoms with E-state index in [9.17, 15) is 4.79 Å². The summed E-state index contributed by atoms with van der Waals surface area (Å²) in [5.41, 5.74) is 3.02. The monoisotopic (exact) mass is 452 g/mol. The van der Waals surface area contributed by atoms with Gasteiger partial charge in [-0.05, 0) is 73.8 Å². The molecule has 1 aromatic carbocycles. The van der Waals surface area contributed by atoms with Crippen LogP contribution in [0.2, 0.25) is 0 Å². The highest BCUT2D eigenvalue weighted by molar-refractivity contribution is 5.59. The van der Waals surface area contributed by atoms with E-state index in [1.165, 1.54) is 120 Å². The Bertz CT molecular complexity index is 644. The number of carbonyl (C=O) groups is 1. The van der Waals surface area contributed by atoms with Crippen LogP contribution in [0.15, 0.2) is 24.3 Å². The maximum absolute atomic E-state index is 12.0. The van der Waals surface area contributed by atoms with Gasteiger partial charge in [0.1, 0.15) is 6.29 Å². The Morgan fingerprint density at radius 1 is 0.758 bits per heavy atom. The molecule has 0 unspecified atom stereocenters. The van der Waals surface area contributed by atoms with Crippen molar-refractivity contribution in [3.8, 4) is 0 Å². The summed E-state index contributed by atoms with van der Waals surface area (Å²) in [7, 11) is 0. The molecule has 0 heterocycles. The molecular weight excluding hydrogens is 400 g/mol. The van der Waals surface area contributed by atoms with E-state index in [0.29, 0.717) is 5.92 Å². The Morgan fingerprint density at radius 2 is 1.36 bits per heavy atom. The van der Waals surface area contributed by atoms with Gasteiger partial charge in [0, 0.05) is 5.41 Å². The first-order valence-corrected chi connectivity index (χ1v) is 14.7. The third kappa shape index (κ3) is 8.56. The minimum atomic E-state index is -0.0157. The lowest BCUT2D eigenvalue weighted by molar-refractivity contribution is -0.118. The van der Waals surface area contributed by atoms with Crippen molar-refractivity contribution >= 4 is 6.29 Å². The molecule has 0 amide bonds. The summed E-state index contributed by atoms with van der Waals surface area (Å²) in [6.07, 6.45) is 26.3. The Labute approximate surface area is 205 Å². The van der Waals surface area contributed by atoms with E-state index in [2.05, 4.69) is 38.1 Å². The van der Waals surface area contributed by atoms with Gasteiger partial charge in [-0.15, -0.1) is 0 Å². The summed E-state index contributed by atoms with van der Waals surface area (Å²) in [5, 5.41) is 0. The SMILES string of the molecule is CCCCCCCC1(C=O)CCC(c2ccc(CC[C@H]3CC[C@H](CCCC)CC3)cc2)CC1. The summed E-state index contributed by atoms with van der Waals surface area (Å²) < 4.78 is 0. The molecule has 0 atom stereocenters. The van der Waals surface area contributed by atoms with E-state index in [-0.39, 0.29) is 5.41 Å². The number of aryl methyl sites for hydroxylation is 1. The van der Waals surface area contributed by atoms with Gasteiger partial charge in [-0.3, -0.25) is 0 Å². The molecule has 2 aliphatic carbocycles. The maximum Gasteiger partial charge on any atom is 0.126 e. The van der Waals surface area contributed by atoms with Gasteiger partial charge in [-0.2, -0.15) is 0 Å². The molecule has 1 heteroatoms. The first-order chi connectivity index (χ1) is 16.2. The van der Waals surface area contributed by atoms with E-state index >= 15 is 0 Å². The van der Waals surface area contributed by atoms with E-state index in [4.69, 9.17) is 0 Å². The van der Waals surface area contributed by atoms with Crippen LogP contribution in [-0.4, -0.2) is 6.29 Å². The lowest BCUT2D eigenvalue weighted by Crippen LogP contribution is -2.28. The van der Waals surface area contributed by atoms with Crippen LogP contribution in [0.1, 0.15) is 146 Å². The van der Waals surface area contributed by atoms with Gasteiger partial charge in [0.15, 0.2) is 0 Å². The van der Waals surface area contributed by atoms with Gasteiger partial charge < -0.3 is 4.79 Å². The fourth-order valence-electron chi connectivity index (χ4n) is 6.66. The highest BCUT2D eigenvalue weighted by Gasteiger charge is 2.35. The normalized spacial score (nSPS) is 28.0. The number of unbranched alkanes of at least 4 members (excludes halogenated alkanes) is 5. The van der Waals surface area contributed by atoms with Crippen LogP contribution in [0, 0.1) is 17.3 Å². The fourth-order valence-corrected chi connectivity index (χ4v) is 6.66. The van der Waals surface area contributed by atoms with Gasteiger partial charge in [0.2, 0.25) is 0 Å². The third-order valence-electron chi connectivity index (χ3n) is 9.23. The minimum absolute atomic E-state index is 0.0157. The van der Waals surface area contributed by atoms with Crippen molar-refractivity contribution in [1.29, 1.82) is 0 Å². The average Bonchev–Trinajstić information content (AvgIpc) is 2.87. The quantitative estimate of drug-likeness (QED) is 0.203. The van der Waals surface area contributed by atoms with Crippen molar-refractivity contribution in [3.05, 3.63) is 35.4 Å². The Hall–Kier alpha value is -1.11. The highest BCUT2D eigenvalue weighted by Crippen LogP contribution is 2.45. The lowest BCUT2D eigenvalue weighted by atomic mass is 9.67. The van der Waals surface area contributed by atoms with Crippen LogP contribution >= 0.6 is 0 Å². The summed E-state index contributed by atoms with van der Waals surface area (Å²) in [6, 6.07) is 9.61. The molecule has 0 radical (unpaired) electrons. The van der Waals surface area contributed by atoms with Gasteiger partial charge in [-0.25, -0.2) is 0 Å². The maximum atomic E-state index is 12.0. The Balaban J connectivity index is 1.38. The number of hydrogen-bond donors (Lipinski definition) is 0. The van der Waals surface area contributed by atoms with Crippen molar-refractivity contribution in [2.45, 2.75) is 142 Å². The fraction of sp³-hybridized carbons (Fsp3) is 0.781. The molecule has 2 aliphatic rings. The molecule has 0 aliphatic heterocycles. The molecule has 1 aromatic rings. The molecule has 0 spiro atoms. The summed E-state index contributed by atoms with van der Waals surface area (Å²) in [6.45, 7) is 4.58. The van der Waals surface area contributed by atoms with Crippen LogP contribution in [0.25, 0.3) is 0 Å². The molecule has 0 bridgehead atoms. The van der Waals surface area contributed by atoms with Crippen molar-refractivity contribution in [1.82, 2.24) is 0 Å². The topological polar surface area (TPSA) is 17.1 Å². The summed E-state index contributed by atoms with van der Waals surface area (Å²) in [5.74, 6) is 2.64.